The lowest BCUT2D eigenvalue weighted by molar-refractivity contribution is -0.104. The lowest BCUT2D eigenvalue weighted by Gasteiger charge is -1.92. The van der Waals surface area contributed by atoms with Gasteiger partial charge in [-0.1, -0.05) is 35.9 Å². The number of benzene rings is 1. The van der Waals surface area contributed by atoms with Gasteiger partial charge in [-0.25, -0.2) is 0 Å². The van der Waals surface area contributed by atoms with E-state index in [0.29, 0.717) is 0 Å². The Morgan fingerprint density at radius 2 is 1.82 bits per heavy atom. The number of aldehydes is 1. The van der Waals surface area contributed by atoms with E-state index in [9.17, 15) is 4.79 Å². The molecule has 0 saturated heterocycles. The predicted octanol–water partition coefficient (Wildman–Crippen LogP) is 2.21. The van der Waals surface area contributed by atoms with Gasteiger partial charge in [-0.15, -0.1) is 0 Å². The fraction of sp³-hybridized carbons (Fsp3) is 0.100. The van der Waals surface area contributed by atoms with Gasteiger partial charge in [-0.2, -0.15) is 0 Å². The first-order valence-corrected chi connectivity index (χ1v) is 3.51. The molecule has 1 rings (SSSR count). The summed E-state index contributed by atoms with van der Waals surface area (Å²) in [6.07, 6.45) is 4.05. The molecule has 1 aromatic rings. The van der Waals surface area contributed by atoms with Crippen molar-refractivity contribution in [2.45, 2.75) is 6.92 Å². The zero-order valence-corrected chi connectivity index (χ0v) is 6.45. The van der Waals surface area contributed by atoms with E-state index in [1.54, 1.807) is 6.08 Å². The largest absolute Gasteiger partial charge is 0.299 e. The summed E-state index contributed by atoms with van der Waals surface area (Å²) in [4.78, 5) is 9.96. The van der Waals surface area contributed by atoms with Crippen LogP contribution in [0.1, 0.15) is 11.1 Å². The molecule has 0 atom stereocenters. The van der Waals surface area contributed by atoms with Crippen LogP contribution in [0.5, 0.6) is 0 Å². The molecule has 0 radical (unpaired) electrons. The molecular formula is C10H10O. The second-order valence-corrected chi connectivity index (χ2v) is 2.41. The second-order valence-electron chi connectivity index (χ2n) is 2.41. The average Bonchev–Trinajstić information content (AvgIpc) is 2.04. The molecular weight excluding hydrogens is 136 g/mol. The van der Waals surface area contributed by atoms with E-state index < -0.39 is 0 Å². The van der Waals surface area contributed by atoms with Gasteiger partial charge in [0.1, 0.15) is 6.29 Å². The van der Waals surface area contributed by atoms with Gasteiger partial charge in [-0.3, -0.25) is 4.79 Å². The van der Waals surface area contributed by atoms with Crippen LogP contribution in [0, 0.1) is 6.92 Å². The van der Waals surface area contributed by atoms with E-state index in [1.165, 1.54) is 11.6 Å². The summed E-state index contributed by atoms with van der Waals surface area (Å²) in [7, 11) is 0. The van der Waals surface area contributed by atoms with Crippen LogP contribution in [0.15, 0.2) is 30.3 Å². The minimum Gasteiger partial charge on any atom is -0.299 e. The molecule has 0 N–H and O–H groups in total. The molecule has 0 heterocycles. The Labute approximate surface area is 66.4 Å². The second kappa shape index (κ2) is 3.71. The van der Waals surface area contributed by atoms with Gasteiger partial charge in [0.05, 0.1) is 0 Å². The number of hydrogen-bond donors (Lipinski definition) is 0. The zero-order chi connectivity index (χ0) is 8.10. The van der Waals surface area contributed by atoms with Crippen LogP contribution in [-0.2, 0) is 4.79 Å². The third kappa shape index (κ3) is 2.38. The SMILES string of the molecule is Cc1ccc(C=CC=O)cc1. The molecule has 0 spiro atoms. The molecule has 0 saturated carbocycles. The number of allylic oxidation sites excluding steroid dienone is 1. The van der Waals surface area contributed by atoms with E-state index in [1.807, 2.05) is 31.2 Å². The fourth-order valence-corrected chi connectivity index (χ4v) is 0.828. The van der Waals surface area contributed by atoms with Crippen LogP contribution in [-0.4, -0.2) is 6.29 Å². The number of carbonyl (C=O) groups excluding carboxylic acids is 1. The van der Waals surface area contributed by atoms with Crippen LogP contribution in [0.2, 0.25) is 0 Å². The van der Waals surface area contributed by atoms with Crippen molar-refractivity contribution in [1.82, 2.24) is 0 Å². The molecule has 0 amide bonds. The first-order valence-electron chi connectivity index (χ1n) is 3.51. The maximum absolute atomic E-state index is 9.96. The fourth-order valence-electron chi connectivity index (χ4n) is 0.828. The highest BCUT2D eigenvalue weighted by Gasteiger charge is 1.84. The molecule has 0 bridgehead atoms. The predicted molar refractivity (Wildman–Crippen MR) is 46.3 cm³/mol. The minimum absolute atomic E-state index is 0.778. The van der Waals surface area contributed by atoms with Crippen LogP contribution in [0.25, 0.3) is 6.08 Å². The molecule has 0 aromatic heterocycles. The van der Waals surface area contributed by atoms with Crippen molar-refractivity contribution in [2.24, 2.45) is 0 Å². The topological polar surface area (TPSA) is 17.1 Å². The smallest absolute Gasteiger partial charge is 0.142 e. The summed E-state index contributed by atoms with van der Waals surface area (Å²) < 4.78 is 0. The van der Waals surface area contributed by atoms with E-state index in [2.05, 4.69) is 0 Å². The van der Waals surface area contributed by atoms with Crippen molar-refractivity contribution < 1.29 is 4.79 Å². The lowest BCUT2D eigenvalue weighted by Crippen LogP contribution is -1.73. The molecule has 0 aliphatic heterocycles. The third-order valence-corrected chi connectivity index (χ3v) is 1.44. The maximum Gasteiger partial charge on any atom is 0.142 e. The van der Waals surface area contributed by atoms with Gasteiger partial charge in [0.2, 0.25) is 0 Å². The van der Waals surface area contributed by atoms with Crippen molar-refractivity contribution in [2.75, 3.05) is 0 Å². The van der Waals surface area contributed by atoms with Crippen molar-refractivity contribution in [3.8, 4) is 0 Å². The van der Waals surface area contributed by atoms with Gasteiger partial charge in [0.25, 0.3) is 0 Å². The van der Waals surface area contributed by atoms with Crippen LogP contribution >= 0.6 is 0 Å². The van der Waals surface area contributed by atoms with Crippen LogP contribution in [0.3, 0.4) is 0 Å². The maximum atomic E-state index is 9.96. The number of aryl methyl sites for hydroxylation is 1. The molecule has 0 aliphatic carbocycles. The van der Waals surface area contributed by atoms with Crippen molar-refractivity contribution >= 4 is 12.4 Å². The van der Waals surface area contributed by atoms with Gasteiger partial charge in [-0.05, 0) is 18.6 Å². The van der Waals surface area contributed by atoms with Crippen molar-refractivity contribution in [1.29, 1.82) is 0 Å². The Hall–Kier alpha value is -1.37. The van der Waals surface area contributed by atoms with Gasteiger partial charge < -0.3 is 0 Å². The first kappa shape index (κ1) is 7.73. The molecule has 56 valence electrons. The summed E-state index contributed by atoms with van der Waals surface area (Å²) in [5.41, 5.74) is 2.29. The molecule has 1 aromatic carbocycles. The number of hydrogen-bond acceptors (Lipinski definition) is 1. The first-order chi connectivity index (χ1) is 5.33. The monoisotopic (exact) mass is 146 g/mol. The Morgan fingerprint density at radius 3 is 2.36 bits per heavy atom. The van der Waals surface area contributed by atoms with Gasteiger partial charge in [0.15, 0.2) is 0 Å². The van der Waals surface area contributed by atoms with Gasteiger partial charge >= 0.3 is 0 Å². The van der Waals surface area contributed by atoms with Crippen LogP contribution in [0.4, 0.5) is 0 Å². The highest BCUT2D eigenvalue weighted by Crippen LogP contribution is 2.03. The summed E-state index contributed by atoms with van der Waals surface area (Å²) in [5, 5.41) is 0. The molecule has 0 unspecified atom stereocenters. The van der Waals surface area contributed by atoms with E-state index >= 15 is 0 Å². The highest BCUT2D eigenvalue weighted by molar-refractivity contribution is 5.73. The highest BCUT2D eigenvalue weighted by atomic mass is 16.1. The molecule has 0 aliphatic rings. The van der Waals surface area contributed by atoms with Crippen molar-refractivity contribution in [3.63, 3.8) is 0 Å². The summed E-state index contributed by atoms with van der Waals surface area (Å²) >= 11 is 0. The van der Waals surface area contributed by atoms with E-state index in [0.717, 1.165) is 11.8 Å². The Kier molecular flexibility index (Phi) is 2.61. The molecule has 1 heteroatoms. The molecule has 0 fully saturated rings. The number of rotatable bonds is 2. The Balaban J connectivity index is 2.81. The normalized spacial score (nSPS) is 10.3. The van der Waals surface area contributed by atoms with Crippen LogP contribution < -0.4 is 0 Å². The minimum atomic E-state index is 0.778. The molecule has 11 heavy (non-hydrogen) atoms. The average molecular weight is 146 g/mol. The van der Waals surface area contributed by atoms with Gasteiger partial charge in [0, 0.05) is 0 Å². The zero-order valence-electron chi connectivity index (χ0n) is 6.45. The summed E-state index contributed by atoms with van der Waals surface area (Å²) in [6.45, 7) is 2.03. The summed E-state index contributed by atoms with van der Waals surface area (Å²) in [5.74, 6) is 0. The Bertz CT molecular complexity index is 257. The third-order valence-electron chi connectivity index (χ3n) is 1.44. The lowest BCUT2D eigenvalue weighted by atomic mass is 10.1. The standard InChI is InChI=1S/C10H10O/c1-9-4-6-10(7-5-9)3-2-8-11/h2-8H,1H3. The van der Waals surface area contributed by atoms with E-state index in [-0.39, 0.29) is 0 Å². The number of carbonyl (C=O) groups is 1. The Morgan fingerprint density at radius 1 is 1.18 bits per heavy atom. The van der Waals surface area contributed by atoms with Crippen molar-refractivity contribution in [3.05, 3.63) is 41.5 Å². The quantitative estimate of drug-likeness (QED) is 0.461. The summed E-state index contributed by atoms with van der Waals surface area (Å²) in [6, 6.07) is 8.00. The molecule has 1 nitrogen and oxygen atoms in total. The van der Waals surface area contributed by atoms with E-state index in [4.69, 9.17) is 0 Å².